The Morgan fingerprint density at radius 1 is 1.10 bits per heavy atom. The van der Waals surface area contributed by atoms with Crippen molar-refractivity contribution in [2.24, 2.45) is 5.10 Å². The Kier molecular flexibility index (Phi) is 3.55. The number of carbonyl (C=O) groups excluding carboxylic acids is 1. The second-order valence-corrected chi connectivity index (χ2v) is 4.53. The van der Waals surface area contributed by atoms with Crippen LogP contribution in [-0.4, -0.2) is 18.9 Å². The number of benzene rings is 2. The summed E-state index contributed by atoms with van der Waals surface area (Å²) in [6.45, 7) is 0. The molecule has 0 saturated carbocycles. The number of rotatable bonds is 3. The van der Waals surface area contributed by atoms with Crippen LogP contribution in [0, 0.1) is 0 Å². The minimum Gasteiger partial charge on any atom is -0.497 e. The van der Waals surface area contributed by atoms with Gasteiger partial charge in [0.1, 0.15) is 11.5 Å². The van der Waals surface area contributed by atoms with Crippen LogP contribution in [0.4, 0.5) is 4.79 Å². The molecule has 0 radical (unpaired) electrons. The Morgan fingerprint density at radius 3 is 2.48 bits per heavy atom. The van der Waals surface area contributed by atoms with Crippen LogP contribution in [0.1, 0.15) is 17.2 Å². The molecule has 3 rings (SSSR count). The lowest BCUT2D eigenvalue weighted by Gasteiger charge is -2.24. The summed E-state index contributed by atoms with van der Waals surface area (Å²) in [5.41, 5.74) is 4.75. The van der Waals surface area contributed by atoms with Crippen molar-refractivity contribution in [3.05, 3.63) is 65.7 Å². The van der Waals surface area contributed by atoms with Crippen LogP contribution in [-0.2, 0) is 4.74 Å². The second kappa shape index (κ2) is 5.66. The van der Waals surface area contributed by atoms with Gasteiger partial charge in [0.2, 0.25) is 0 Å². The van der Waals surface area contributed by atoms with Gasteiger partial charge >= 0.3 is 6.09 Å². The Morgan fingerprint density at radius 2 is 1.81 bits per heavy atom. The molecule has 1 heterocycles. The first kappa shape index (κ1) is 13.2. The Bertz CT molecular complexity index is 666. The molecule has 0 unspecified atom stereocenters. The molecule has 1 N–H and O–H groups in total. The molecular formula is C16H14N2O3. The molecule has 2 aromatic rings. The number of ether oxygens (including phenoxy) is 2. The number of hydrogen-bond acceptors (Lipinski definition) is 4. The van der Waals surface area contributed by atoms with Crippen LogP contribution in [0.25, 0.3) is 0 Å². The first-order chi connectivity index (χ1) is 10.3. The Labute approximate surface area is 122 Å². The highest BCUT2D eigenvalue weighted by Gasteiger charge is 2.28. The van der Waals surface area contributed by atoms with E-state index in [9.17, 15) is 4.79 Å². The maximum atomic E-state index is 11.5. The molecule has 0 bridgehead atoms. The van der Waals surface area contributed by atoms with Crippen LogP contribution in [0.3, 0.4) is 0 Å². The normalized spacial score (nSPS) is 17.5. The van der Waals surface area contributed by atoms with E-state index in [0.29, 0.717) is 5.71 Å². The summed E-state index contributed by atoms with van der Waals surface area (Å²) in [6, 6.07) is 17.0. The van der Waals surface area contributed by atoms with Gasteiger partial charge in [-0.2, -0.15) is 5.10 Å². The van der Waals surface area contributed by atoms with Crippen molar-refractivity contribution in [2.75, 3.05) is 7.11 Å². The molecule has 1 aliphatic rings. The molecule has 0 fully saturated rings. The average molecular weight is 282 g/mol. The molecule has 1 atom stereocenters. The number of methoxy groups -OCH3 is 1. The zero-order chi connectivity index (χ0) is 14.7. The van der Waals surface area contributed by atoms with Gasteiger partial charge in [0.05, 0.1) is 7.11 Å². The van der Waals surface area contributed by atoms with E-state index < -0.39 is 12.2 Å². The monoisotopic (exact) mass is 282 g/mol. The number of hydrazone groups is 1. The lowest BCUT2D eigenvalue weighted by molar-refractivity contribution is 0.121. The van der Waals surface area contributed by atoms with Crippen molar-refractivity contribution in [1.82, 2.24) is 5.43 Å². The molecular weight excluding hydrogens is 268 g/mol. The predicted octanol–water partition coefficient (Wildman–Crippen LogP) is 2.88. The fraction of sp³-hybridized carbons (Fsp3) is 0.125. The van der Waals surface area contributed by atoms with Crippen molar-refractivity contribution >= 4 is 11.8 Å². The van der Waals surface area contributed by atoms with Crippen LogP contribution < -0.4 is 10.2 Å². The Hall–Kier alpha value is -2.82. The molecule has 0 aliphatic carbocycles. The van der Waals surface area contributed by atoms with E-state index in [2.05, 4.69) is 10.5 Å². The van der Waals surface area contributed by atoms with E-state index in [1.165, 1.54) is 0 Å². The van der Waals surface area contributed by atoms with Crippen molar-refractivity contribution < 1.29 is 14.3 Å². The zero-order valence-corrected chi connectivity index (χ0v) is 11.4. The van der Waals surface area contributed by atoms with Gasteiger partial charge in [-0.15, -0.1) is 0 Å². The Balaban J connectivity index is 1.98. The van der Waals surface area contributed by atoms with Crippen LogP contribution in [0.5, 0.6) is 5.75 Å². The molecule has 1 amide bonds. The van der Waals surface area contributed by atoms with Gasteiger partial charge in [0.25, 0.3) is 0 Å². The van der Waals surface area contributed by atoms with Gasteiger partial charge in [0.15, 0.2) is 6.10 Å². The number of hydrogen-bond donors (Lipinski definition) is 1. The van der Waals surface area contributed by atoms with Crippen molar-refractivity contribution in [2.45, 2.75) is 6.10 Å². The maximum Gasteiger partial charge on any atom is 0.428 e. The topological polar surface area (TPSA) is 59.9 Å². The van der Waals surface area contributed by atoms with Gasteiger partial charge in [-0.05, 0) is 29.8 Å². The maximum absolute atomic E-state index is 11.5. The minimum atomic E-state index is -0.555. The van der Waals surface area contributed by atoms with E-state index >= 15 is 0 Å². The fourth-order valence-corrected chi connectivity index (χ4v) is 2.19. The summed E-state index contributed by atoms with van der Waals surface area (Å²) >= 11 is 0. The smallest absolute Gasteiger partial charge is 0.428 e. The molecule has 0 saturated heterocycles. The van der Waals surface area contributed by atoms with Crippen molar-refractivity contribution in [1.29, 1.82) is 0 Å². The molecule has 0 spiro atoms. The van der Waals surface area contributed by atoms with Crippen LogP contribution in [0.15, 0.2) is 59.7 Å². The highest BCUT2D eigenvalue weighted by molar-refractivity contribution is 6.06. The summed E-state index contributed by atoms with van der Waals surface area (Å²) < 4.78 is 10.5. The minimum absolute atomic E-state index is 0.520. The van der Waals surface area contributed by atoms with Gasteiger partial charge in [-0.3, -0.25) is 0 Å². The molecule has 21 heavy (non-hydrogen) atoms. The van der Waals surface area contributed by atoms with Crippen molar-refractivity contribution in [3.63, 3.8) is 0 Å². The third-order valence-electron chi connectivity index (χ3n) is 3.23. The number of cyclic esters (lactones) is 1. The third kappa shape index (κ3) is 2.72. The van der Waals surface area contributed by atoms with Gasteiger partial charge in [0, 0.05) is 5.56 Å². The quantitative estimate of drug-likeness (QED) is 0.941. The molecule has 5 nitrogen and oxygen atoms in total. The SMILES string of the molecule is COc1ccc(C2=NNC(=O)O[C@@H]2c2ccccc2)cc1. The number of amides is 1. The third-order valence-corrected chi connectivity index (χ3v) is 3.23. The highest BCUT2D eigenvalue weighted by Crippen LogP contribution is 2.26. The van der Waals surface area contributed by atoms with Gasteiger partial charge in [-0.1, -0.05) is 30.3 Å². The summed E-state index contributed by atoms with van der Waals surface area (Å²) in [6.07, 6.45) is -1.07. The van der Waals surface area contributed by atoms with E-state index in [1.807, 2.05) is 54.6 Å². The highest BCUT2D eigenvalue weighted by atomic mass is 16.6. The first-order valence-electron chi connectivity index (χ1n) is 6.51. The standard InChI is InChI=1S/C16H14N2O3/c1-20-13-9-7-11(8-10-13)14-15(21-16(19)18-17-14)12-5-3-2-4-6-12/h2-10,15H,1H3,(H,18,19)/t15-/m1/s1. The summed E-state index contributed by atoms with van der Waals surface area (Å²) in [5.74, 6) is 0.761. The van der Waals surface area contributed by atoms with Gasteiger partial charge < -0.3 is 9.47 Å². The van der Waals surface area contributed by atoms with E-state index in [1.54, 1.807) is 7.11 Å². The number of nitrogens with zero attached hydrogens (tertiary/aromatic N) is 1. The van der Waals surface area contributed by atoms with Crippen LogP contribution >= 0.6 is 0 Å². The average Bonchev–Trinajstić information content (AvgIpc) is 2.56. The molecule has 2 aromatic carbocycles. The molecule has 5 heteroatoms. The van der Waals surface area contributed by atoms with E-state index in [4.69, 9.17) is 9.47 Å². The summed E-state index contributed by atoms with van der Waals surface area (Å²) in [5, 5.41) is 4.15. The largest absolute Gasteiger partial charge is 0.497 e. The van der Waals surface area contributed by atoms with E-state index in [-0.39, 0.29) is 0 Å². The molecule has 106 valence electrons. The molecule has 0 aromatic heterocycles. The lowest BCUT2D eigenvalue weighted by Crippen LogP contribution is -2.33. The number of carbonyl (C=O) groups is 1. The van der Waals surface area contributed by atoms with Gasteiger partial charge in [-0.25, -0.2) is 10.2 Å². The van der Waals surface area contributed by atoms with Crippen molar-refractivity contribution in [3.8, 4) is 5.75 Å². The molecule has 1 aliphatic heterocycles. The summed E-state index contributed by atoms with van der Waals surface area (Å²) in [4.78, 5) is 11.5. The van der Waals surface area contributed by atoms with Crippen LogP contribution in [0.2, 0.25) is 0 Å². The zero-order valence-electron chi connectivity index (χ0n) is 11.4. The fourth-order valence-electron chi connectivity index (χ4n) is 2.19. The summed E-state index contributed by atoms with van der Waals surface area (Å²) in [7, 11) is 1.61. The van der Waals surface area contributed by atoms with E-state index in [0.717, 1.165) is 16.9 Å². The number of nitrogens with one attached hydrogen (secondary N) is 1. The lowest BCUT2D eigenvalue weighted by atomic mass is 9.98. The predicted molar refractivity (Wildman–Crippen MR) is 78.3 cm³/mol. The second-order valence-electron chi connectivity index (χ2n) is 4.53. The first-order valence-corrected chi connectivity index (χ1v) is 6.51.